The van der Waals surface area contributed by atoms with Crippen LogP contribution in [0, 0.1) is 0 Å². The van der Waals surface area contributed by atoms with Gasteiger partial charge in [-0.3, -0.25) is 4.79 Å². The van der Waals surface area contributed by atoms with Crippen molar-refractivity contribution >= 4 is 34.8 Å². The molecule has 0 bridgehead atoms. The molecule has 0 radical (unpaired) electrons. The van der Waals surface area contributed by atoms with E-state index in [2.05, 4.69) is 32.4 Å². The van der Waals surface area contributed by atoms with Crippen LogP contribution in [-0.4, -0.2) is 38.9 Å². The number of phenolic OH excluding ortho intramolecular Hbond substituents is 1. The van der Waals surface area contributed by atoms with E-state index in [1.807, 2.05) is 36.4 Å². The summed E-state index contributed by atoms with van der Waals surface area (Å²) < 4.78 is 7.38. The molecule has 0 spiro atoms. The third-order valence-electron chi connectivity index (χ3n) is 5.86. The van der Waals surface area contributed by atoms with Crippen molar-refractivity contribution in [3.05, 3.63) is 88.4 Å². The lowest BCUT2D eigenvalue weighted by Crippen LogP contribution is -2.24. The molecule has 8 nitrogen and oxygen atoms in total. The molecule has 1 fully saturated rings. The highest BCUT2D eigenvalue weighted by molar-refractivity contribution is 6.37. The van der Waals surface area contributed by atoms with E-state index in [-0.39, 0.29) is 21.6 Å². The number of amides is 1. The van der Waals surface area contributed by atoms with Gasteiger partial charge in [-0.1, -0.05) is 41.4 Å². The Balaban J connectivity index is 1.18. The fourth-order valence-electron chi connectivity index (χ4n) is 3.97. The molecule has 10 heteroatoms. The normalized spacial score (nSPS) is 13.1. The molecule has 2 heterocycles. The fourth-order valence-corrected chi connectivity index (χ4v) is 4.44. The maximum atomic E-state index is 12.5. The second-order valence-corrected chi connectivity index (χ2v) is 9.21. The molecule has 1 aliphatic rings. The fraction of sp³-hybridized carbons (Fsp3) is 0.192. The molecule has 0 aliphatic carbocycles. The molecule has 4 aromatic rings. The van der Waals surface area contributed by atoms with Crippen molar-refractivity contribution in [2.24, 2.45) is 0 Å². The SMILES string of the molecule is O=C(NCc1ccc(Oc2cccc(N3CCCC3)c2)cc1)c1ncn(-c2cc(Cl)c(O)c(Cl)c2)n1. The van der Waals surface area contributed by atoms with Crippen molar-refractivity contribution in [3.8, 4) is 22.9 Å². The standard InChI is InChI=1S/C26H23Cl2N5O3/c27-22-13-19(14-23(28)24(22)34)33-16-30-25(31-33)26(35)29-15-17-6-8-20(9-7-17)36-21-5-3-4-18(12-21)32-10-1-2-11-32/h3-9,12-14,16,34H,1-2,10-11,15H2,(H,29,35). The van der Waals surface area contributed by atoms with Crippen LogP contribution < -0.4 is 15.0 Å². The number of ether oxygens (including phenoxy) is 1. The first-order valence-corrected chi connectivity index (χ1v) is 12.2. The Kier molecular flexibility index (Phi) is 6.97. The Hall–Kier alpha value is -3.75. The van der Waals surface area contributed by atoms with Gasteiger partial charge in [-0.25, -0.2) is 9.67 Å². The Morgan fingerprint density at radius 2 is 1.69 bits per heavy atom. The van der Waals surface area contributed by atoms with Crippen LogP contribution in [0.5, 0.6) is 17.2 Å². The van der Waals surface area contributed by atoms with Gasteiger partial charge in [0.1, 0.15) is 17.8 Å². The van der Waals surface area contributed by atoms with Gasteiger partial charge in [0.2, 0.25) is 5.82 Å². The highest BCUT2D eigenvalue weighted by Crippen LogP contribution is 2.33. The summed E-state index contributed by atoms with van der Waals surface area (Å²) in [6, 6.07) is 18.6. The molecule has 3 aromatic carbocycles. The molecule has 184 valence electrons. The van der Waals surface area contributed by atoms with E-state index in [1.165, 1.54) is 41.7 Å². The number of benzene rings is 3. The summed E-state index contributed by atoms with van der Waals surface area (Å²) in [6.45, 7) is 2.47. The smallest absolute Gasteiger partial charge is 0.291 e. The zero-order valence-electron chi connectivity index (χ0n) is 19.2. The number of nitrogens with zero attached hydrogens (tertiary/aromatic N) is 4. The molecular formula is C26H23Cl2N5O3. The number of carbonyl (C=O) groups is 1. The van der Waals surface area contributed by atoms with Crippen LogP contribution in [0.25, 0.3) is 5.69 Å². The molecule has 0 saturated carbocycles. The second kappa shape index (κ2) is 10.5. The molecule has 1 saturated heterocycles. The van der Waals surface area contributed by atoms with Crippen molar-refractivity contribution in [2.75, 3.05) is 18.0 Å². The first kappa shape index (κ1) is 24.0. The van der Waals surface area contributed by atoms with E-state index in [1.54, 1.807) is 0 Å². The molecule has 5 rings (SSSR count). The van der Waals surface area contributed by atoms with Crippen LogP contribution in [0.4, 0.5) is 5.69 Å². The summed E-state index contributed by atoms with van der Waals surface area (Å²) >= 11 is 11.9. The molecule has 0 unspecified atom stereocenters. The number of aromatic nitrogens is 3. The maximum Gasteiger partial charge on any atom is 0.291 e. The van der Waals surface area contributed by atoms with E-state index in [9.17, 15) is 9.90 Å². The van der Waals surface area contributed by atoms with Crippen molar-refractivity contribution in [1.29, 1.82) is 0 Å². The number of rotatable bonds is 7. The van der Waals surface area contributed by atoms with Gasteiger partial charge in [-0.15, -0.1) is 5.10 Å². The summed E-state index contributed by atoms with van der Waals surface area (Å²) in [7, 11) is 0. The Morgan fingerprint density at radius 3 is 2.42 bits per heavy atom. The number of aromatic hydroxyl groups is 1. The van der Waals surface area contributed by atoms with Gasteiger partial charge in [0.15, 0.2) is 5.75 Å². The van der Waals surface area contributed by atoms with Crippen LogP contribution in [-0.2, 0) is 6.54 Å². The largest absolute Gasteiger partial charge is 0.505 e. The minimum atomic E-state index is -0.427. The molecule has 36 heavy (non-hydrogen) atoms. The first-order chi connectivity index (χ1) is 17.5. The Bertz CT molecular complexity index is 1360. The first-order valence-electron chi connectivity index (χ1n) is 11.5. The number of carbonyl (C=O) groups excluding carboxylic acids is 1. The van der Waals surface area contributed by atoms with Crippen LogP contribution in [0.3, 0.4) is 0 Å². The summed E-state index contributed by atoms with van der Waals surface area (Å²) in [4.78, 5) is 18.9. The van der Waals surface area contributed by atoms with Crippen molar-refractivity contribution in [3.63, 3.8) is 0 Å². The topological polar surface area (TPSA) is 92.5 Å². The maximum absolute atomic E-state index is 12.5. The average Bonchev–Trinajstić information content (AvgIpc) is 3.60. The monoisotopic (exact) mass is 523 g/mol. The Labute approximate surface area is 218 Å². The lowest BCUT2D eigenvalue weighted by Gasteiger charge is -2.18. The molecule has 1 amide bonds. The van der Waals surface area contributed by atoms with Gasteiger partial charge in [0.05, 0.1) is 15.7 Å². The lowest BCUT2D eigenvalue weighted by atomic mass is 10.2. The molecule has 1 aromatic heterocycles. The molecule has 1 aliphatic heterocycles. The molecular weight excluding hydrogens is 501 g/mol. The van der Waals surface area contributed by atoms with Crippen LogP contribution in [0.2, 0.25) is 10.0 Å². The lowest BCUT2D eigenvalue weighted by molar-refractivity contribution is 0.0940. The highest BCUT2D eigenvalue weighted by Gasteiger charge is 2.15. The van der Waals surface area contributed by atoms with Gasteiger partial charge in [0.25, 0.3) is 5.91 Å². The van der Waals surface area contributed by atoms with Crippen LogP contribution in [0.1, 0.15) is 29.0 Å². The third-order valence-corrected chi connectivity index (χ3v) is 6.44. The van der Waals surface area contributed by atoms with E-state index in [0.29, 0.717) is 12.2 Å². The quantitative estimate of drug-likeness (QED) is 0.327. The van der Waals surface area contributed by atoms with Crippen LogP contribution >= 0.6 is 23.2 Å². The van der Waals surface area contributed by atoms with E-state index < -0.39 is 5.91 Å². The van der Waals surface area contributed by atoms with Gasteiger partial charge in [0, 0.05) is 31.4 Å². The van der Waals surface area contributed by atoms with Gasteiger partial charge in [-0.05, 0) is 54.8 Å². The van der Waals surface area contributed by atoms with Gasteiger partial charge in [-0.2, -0.15) is 0 Å². The minimum absolute atomic E-state index is 0.00634. The van der Waals surface area contributed by atoms with Crippen molar-refractivity contribution in [2.45, 2.75) is 19.4 Å². The zero-order valence-corrected chi connectivity index (χ0v) is 20.7. The Morgan fingerprint density at radius 1 is 0.972 bits per heavy atom. The molecule has 2 N–H and O–H groups in total. The number of anilines is 1. The molecule has 0 atom stereocenters. The highest BCUT2D eigenvalue weighted by atomic mass is 35.5. The minimum Gasteiger partial charge on any atom is -0.505 e. The summed E-state index contributed by atoms with van der Waals surface area (Å²) in [6.07, 6.45) is 3.82. The summed E-state index contributed by atoms with van der Waals surface area (Å²) in [5, 5.41) is 16.8. The van der Waals surface area contributed by atoms with E-state index in [4.69, 9.17) is 27.9 Å². The van der Waals surface area contributed by atoms with Crippen LogP contribution in [0.15, 0.2) is 67.0 Å². The predicted octanol–water partition coefficient (Wildman–Crippen LogP) is 5.60. The zero-order chi connectivity index (χ0) is 25.1. The number of hydrogen-bond donors (Lipinski definition) is 2. The predicted molar refractivity (Wildman–Crippen MR) is 139 cm³/mol. The summed E-state index contributed by atoms with van der Waals surface area (Å²) in [5.41, 5.74) is 2.55. The van der Waals surface area contributed by atoms with E-state index in [0.717, 1.165) is 30.2 Å². The number of phenols is 1. The van der Waals surface area contributed by atoms with E-state index >= 15 is 0 Å². The van der Waals surface area contributed by atoms with Gasteiger partial charge < -0.3 is 20.1 Å². The summed E-state index contributed by atoms with van der Waals surface area (Å²) in [5.74, 6) is 0.859. The van der Waals surface area contributed by atoms with Crippen molar-refractivity contribution < 1.29 is 14.6 Å². The van der Waals surface area contributed by atoms with Gasteiger partial charge >= 0.3 is 0 Å². The van der Waals surface area contributed by atoms with Crippen molar-refractivity contribution in [1.82, 2.24) is 20.1 Å². The third kappa shape index (κ3) is 5.40. The number of halogens is 2. The second-order valence-electron chi connectivity index (χ2n) is 8.39. The number of nitrogens with one attached hydrogen (secondary N) is 1. The average molecular weight is 524 g/mol. The number of hydrogen-bond acceptors (Lipinski definition) is 6.